The van der Waals surface area contributed by atoms with Gasteiger partial charge in [-0.05, 0) is 38.6 Å². The van der Waals surface area contributed by atoms with Crippen molar-refractivity contribution < 1.29 is 5.11 Å². The van der Waals surface area contributed by atoms with E-state index in [1.54, 1.807) is 6.07 Å². The van der Waals surface area contributed by atoms with Crippen molar-refractivity contribution in [2.75, 3.05) is 55.8 Å². The zero-order valence-electron chi connectivity index (χ0n) is 19.9. The molecule has 4 rings (SSSR count). The first-order chi connectivity index (χ1) is 15.9. The molecule has 0 saturated carbocycles. The Morgan fingerprint density at radius 1 is 1.09 bits per heavy atom. The number of aliphatic hydroxyl groups excluding tert-OH is 1. The number of nitrogen functional groups attached to an aromatic ring is 1. The Bertz CT molecular complexity index is 1080. The zero-order chi connectivity index (χ0) is 23.4. The van der Waals surface area contributed by atoms with E-state index in [1.807, 2.05) is 25.4 Å². The van der Waals surface area contributed by atoms with Crippen LogP contribution in [0.25, 0.3) is 22.2 Å². The third-order valence-electron chi connectivity index (χ3n) is 6.44. The number of unbranched alkanes of at least 4 members (excludes halogenated alkanes) is 1. The summed E-state index contributed by atoms with van der Waals surface area (Å²) in [4.78, 5) is 18.6. The fourth-order valence-corrected chi connectivity index (χ4v) is 4.24. The number of rotatable bonds is 8. The summed E-state index contributed by atoms with van der Waals surface area (Å²) in [5.74, 6) is 1.42. The molecule has 1 unspecified atom stereocenters. The highest BCUT2D eigenvalue weighted by Crippen LogP contribution is 2.30. The van der Waals surface area contributed by atoms with Gasteiger partial charge in [0.25, 0.3) is 0 Å². The highest BCUT2D eigenvalue weighted by atomic mass is 16.3. The summed E-state index contributed by atoms with van der Waals surface area (Å²) in [5.41, 5.74) is 9.86. The second-order valence-electron chi connectivity index (χ2n) is 9.33. The lowest BCUT2D eigenvalue weighted by molar-refractivity contribution is 0.212. The summed E-state index contributed by atoms with van der Waals surface area (Å²) in [7, 11) is 2.15. The summed E-state index contributed by atoms with van der Waals surface area (Å²) in [5, 5.41) is 13.5. The van der Waals surface area contributed by atoms with Crippen molar-refractivity contribution in [3.05, 3.63) is 36.7 Å². The number of pyridine rings is 3. The van der Waals surface area contributed by atoms with Crippen LogP contribution in [0.5, 0.6) is 0 Å². The summed E-state index contributed by atoms with van der Waals surface area (Å²) in [6.45, 7) is 8.28. The van der Waals surface area contributed by atoms with Gasteiger partial charge in [0.15, 0.2) is 0 Å². The van der Waals surface area contributed by atoms with Crippen LogP contribution in [-0.2, 0) is 0 Å². The molecule has 33 heavy (non-hydrogen) atoms. The van der Waals surface area contributed by atoms with E-state index in [1.165, 1.54) is 0 Å². The van der Waals surface area contributed by atoms with E-state index in [0.29, 0.717) is 11.3 Å². The lowest BCUT2D eigenvalue weighted by atomic mass is 9.95. The topological polar surface area (TPSA) is 103 Å². The maximum atomic E-state index is 9.99. The van der Waals surface area contributed by atoms with Gasteiger partial charge in [0.05, 0.1) is 23.3 Å². The molecule has 0 aliphatic carbocycles. The molecule has 1 fully saturated rings. The first kappa shape index (κ1) is 23.2. The summed E-state index contributed by atoms with van der Waals surface area (Å²) < 4.78 is 0. The molecular formula is C25H35N7O. The standard InChI is InChI=1S/C25H35N7O/c1-4-5-8-25(2,17-33)30-21-14-22(26)29-20-13-19(16-28-24(20)21)18-6-7-23(27-15-18)32-11-9-31(3)10-12-32/h6-7,13-16,33H,4-5,8-12,17H2,1-3H3,(H3,26,29,30). The molecule has 3 aromatic heterocycles. The maximum absolute atomic E-state index is 9.99. The molecule has 0 bridgehead atoms. The van der Waals surface area contributed by atoms with E-state index in [-0.39, 0.29) is 6.61 Å². The van der Waals surface area contributed by atoms with Gasteiger partial charge in [-0.3, -0.25) is 4.98 Å². The van der Waals surface area contributed by atoms with Crippen LogP contribution in [0.1, 0.15) is 33.1 Å². The minimum atomic E-state index is -0.444. The lowest BCUT2D eigenvalue weighted by Crippen LogP contribution is -2.44. The number of likely N-dealkylation sites (N-methyl/N-ethyl adjacent to an activating group) is 1. The Labute approximate surface area is 195 Å². The fourth-order valence-electron chi connectivity index (χ4n) is 4.24. The Morgan fingerprint density at radius 3 is 2.52 bits per heavy atom. The molecule has 1 atom stereocenters. The van der Waals surface area contributed by atoms with Gasteiger partial charge < -0.3 is 26.0 Å². The molecule has 4 N–H and O–H groups in total. The quantitative estimate of drug-likeness (QED) is 0.481. The van der Waals surface area contributed by atoms with E-state index < -0.39 is 5.54 Å². The number of hydrogen-bond acceptors (Lipinski definition) is 8. The first-order valence-electron chi connectivity index (χ1n) is 11.8. The van der Waals surface area contributed by atoms with Gasteiger partial charge in [-0.2, -0.15) is 0 Å². The molecular weight excluding hydrogens is 414 g/mol. The molecule has 8 nitrogen and oxygen atoms in total. The molecule has 1 saturated heterocycles. The molecule has 1 aliphatic heterocycles. The molecule has 4 heterocycles. The maximum Gasteiger partial charge on any atom is 0.128 e. The van der Waals surface area contributed by atoms with Gasteiger partial charge in [-0.25, -0.2) is 9.97 Å². The van der Waals surface area contributed by atoms with Crippen LogP contribution in [0, 0.1) is 0 Å². The van der Waals surface area contributed by atoms with Crippen molar-refractivity contribution in [1.29, 1.82) is 0 Å². The third-order valence-corrected chi connectivity index (χ3v) is 6.44. The van der Waals surface area contributed by atoms with Crippen LogP contribution in [0.3, 0.4) is 0 Å². The summed E-state index contributed by atoms with van der Waals surface area (Å²) in [6, 6.07) is 7.95. The summed E-state index contributed by atoms with van der Waals surface area (Å²) >= 11 is 0. The van der Waals surface area contributed by atoms with Crippen molar-refractivity contribution in [2.24, 2.45) is 0 Å². The first-order valence-corrected chi connectivity index (χ1v) is 11.8. The van der Waals surface area contributed by atoms with E-state index >= 15 is 0 Å². The zero-order valence-corrected chi connectivity index (χ0v) is 19.9. The number of nitrogens with one attached hydrogen (secondary N) is 1. The second-order valence-corrected chi connectivity index (χ2v) is 9.33. The highest BCUT2D eigenvalue weighted by molar-refractivity contribution is 5.91. The van der Waals surface area contributed by atoms with Crippen LogP contribution in [0.15, 0.2) is 36.7 Å². The second kappa shape index (κ2) is 9.89. The van der Waals surface area contributed by atoms with Gasteiger partial charge in [-0.15, -0.1) is 0 Å². The SMILES string of the molecule is CCCCC(C)(CO)Nc1cc(N)nc2cc(-c3ccc(N4CCN(C)CC4)nc3)cnc12. The number of piperazine rings is 1. The van der Waals surface area contributed by atoms with E-state index in [4.69, 9.17) is 15.7 Å². The van der Waals surface area contributed by atoms with Gasteiger partial charge in [0, 0.05) is 55.8 Å². The van der Waals surface area contributed by atoms with Crippen molar-refractivity contribution in [3.8, 4) is 11.1 Å². The number of nitrogens with zero attached hydrogens (tertiary/aromatic N) is 5. The van der Waals surface area contributed by atoms with Crippen LogP contribution >= 0.6 is 0 Å². The Hall–Kier alpha value is -2.97. The van der Waals surface area contributed by atoms with Gasteiger partial charge in [-0.1, -0.05) is 19.8 Å². The largest absolute Gasteiger partial charge is 0.394 e. The number of nitrogens with two attached hydrogens (primary N) is 1. The summed E-state index contributed by atoms with van der Waals surface area (Å²) in [6.07, 6.45) is 6.69. The van der Waals surface area contributed by atoms with Crippen molar-refractivity contribution in [2.45, 2.75) is 38.6 Å². The Balaban J connectivity index is 1.59. The Kier molecular flexibility index (Phi) is 6.95. The van der Waals surface area contributed by atoms with Crippen molar-refractivity contribution >= 4 is 28.4 Å². The van der Waals surface area contributed by atoms with Crippen molar-refractivity contribution in [3.63, 3.8) is 0 Å². The smallest absolute Gasteiger partial charge is 0.128 e. The van der Waals surface area contributed by atoms with E-state index in [0.717, 1.165) is 73.6 Å². The molecule has 0 amide bonds. The molecule has 0 radical (unpaired) electrons. The third kappa shape index (κ3) is 5.34. The number of fused-ring (bicyclic) bond motifs is 1. The van der Waals surface area contributed by atoms with Gasteiger partial charge in [0.1, 0.15) is 17.2 Å². The van der Waals surface area contributed by atoms with Crippen LogP contribution in [0.4, 0.5) is 17.3 Å². The van der Waals surface area contributed by atoms with Crippen LogP contribution in [-0.4, -0.2) is 70.3 Å². The minimum absolute atomic E-state index is 0.0279. The van der Waals surface area contributed by atoms with Gasteiger partial charge >= 0.3 is 0 Å². The molecule has 176 valence electrons. The normalized spacial score (nSPS) is 16.7. The average molecular weight is 450 g/mol. The van der Waals surface area contributed by atoms with Gasteiger partial charge in [0.2, 0.25) is 0 Å². The average Bonchev–Trinajstić information content (AvgIpc) is 2.83. The molecule has 1 aliphatic rings. The van der Waals surface area contributed by atoms with Crippen LogP contribution in [0.2, 0.25) is 0 Å². The monoisotopic (exact) mass is 449 g/mol. The van der Waals surface area contributed by atoms with Crippen molar-refractivity contribution in [1.82, 2.24) is 19.9 Å². The van der Waals surface area contributed by atoms with E-state index in [2.05, 4.69) is 46.2 Å². The molecule has 0 aromatic carbocycles. The number of anilines is 3. The fraction of sp³-hybridized carbons (Fsp3) is 0.480. The predicted molar refractivity (Wildman–Crippen MR) is 136 cm³/mol. The lowest BCUT2D eigenvalue weighted by Gasteiger charge is -2.33. The predicted octanol–water partition coefficient (Wildman–Crippen LogP) is 3.38. The number of aromatic nitrogens is 3. The van der Waals surface area contributed by atoms with Crippen LogP contribution < -0.4 is 16.0 Å². The minimum Gasteiger partial charge on any atom is -0.394 e. The Morgan fingerprint density at radius 2 is 1.85 bits per heavy atom. The molecule has 3 aromatic rings. The highest BCUT2D eigenvalue weighted by Gasteiger charge is 2.24. The van der Waals surface area contributed by atoms with E-state index in [9.17, 15) is 5.11 Å². The number of aliphatic hydroxyl groups is 1. The number of hydrogen-bond donors (Lipinski definition) is 3. The molecule has 0 spiro atoms. The molecule has 8 heteroatoms.